The van der Waals surface area contributed by atoms with Crippen LogP contribution in [0.4, 0.5) is 5.69 Å². The highest BCUT2D eigenvalue weighted by molar-refractivity contribution is 9.10. The fourth-order valence-electron chi connectivity index (χ4n) is 2.91. The molecule has 10 heteroatoms. The van der Waals surface area contributed by atoms with Crippen LogP contribution in [-0.4, -0.2) is 38.4 Å². The Morgan fingerprint density at radius 3 is 2.37 bits per heavy atom. The maximum atomic E-state index is 12.3. The number of carbonyl (C=O) groups excluding carboxylic acids is 2. The van der Waals surface area contributed by atoms with Crippen LogP contribution in [0.3, 0.4) is 0 Å². The van der Waals surface area contributed by atoms with E-state index < -0.39 is 0 Å². The van der Waals surface area contributed by atoms with Crippen LogP contribution < -0.4 is 25.0 Å². The van der Waals surface area contributed by atoms with Crippen LogP contribution in [0.5, 0.6) is 17.2 Å². The summed E-state index contributed by atoms with van der Waals surface area (Å²) in [6, 6.07) is 17.4. The molecule has 0 aliphatic heterocycles. The van der Waals surface area contributed by atoms with Crippen molar-refractivity contribution in [2.24, 2.45) is 5.10 Å². The number of rotatable bonds is 10. The second-order valence-corrected chi connectivity index (χ2v) is 8.80. The minimum Gasteiger partial charge on any atom is -0.497 e. The molecule has 0 fully saturated rings. The van der Waals surface area contributed by atoms with Crippen LogP contribution in [0, 0.1) is 0 Å². The molecular formula is C25H23Br2N3O5. The average Bonchev–Trinajstić information content (AvgIpc) is 2.84. The van der Waals surface area contributed by atoms with E-state index in [1.54, 1.807) is 67.8 Å². The number of hydrogen-bond acceptors (Lipinski definition) is 6. The molecule has 0 saturated carbocycles. The van der Waals surface area contributed by atoms with E-state index in [-0.39, 0.29) is 18.4 Å². The number of hydrogen-bond donors (Lipinski definition) is 2. The first-order valence-electron chi connectivity index (χ1n) is 10.5. The molecule has 0 bridgehead atoms. The molecule has 0 radical (unpaired) electrons. The van der Waals surface area contributed by atoms with E-state index in [0.717, 1.165) is 4.47 Å². The number of benzene rings is 3. The SMILES string of the molecule is CCOc1cc(/C=N/NC(=O)c2ccc(Br)cc2)cc(Br)c1OCC(=O)Nc1ccc(OC)cc1. The Morgan fingerprint density at radius 2 is 1.71 bits per heavy atom. The number of hydrazone groups is 1. The lowest BCUT2D eigenvalue weighted by Gasteiger charge is -2.14. The predicted molar refractivity (Wildman–Crippen MR) is 142 cm³/mol. The molecule has 182 valence electrons. The molecule has 3 aromatic rings. The summed E-state index contributed by atoms with van der Waals surface area (Å²) in [6.45, 7) is 2.01. The molecule has 0 unspecified atom stereocenters. The average molecular weight is 605 g/mol. The van der Waals surface area contributed by atoms with Gasteiger partial charge in [-0.3, -0.25) is 9.59 Å². The highest BCUT2D eigenvalue weighted by Crippen LogP contribution is 2.36. The van der Waals surface area contributed by atoms with Crippen LogP contribution in [-0.2, 0) is 4.79 Å². The van der Waals surface area contributed by atoms with E-state index in [4.69, 9.17) is 14.2 Å². The number of anilines is 1. The van der Waals surface area contributed by atoms with Gasteiger partial charge in [-0.2, -0.15) is 5.10 Å². The molecule has 0 spiro atoms. The lowest BCUT2D eigenvalue weighted by Crippen LogP contribution is -2.20. The van der Waals surface area contributed by atoms with Crippen LogP contribution in [0.2, 0.25) is 0 Å². The number of nitrogens with zero attached hydrogens (tertiary/aromatic N) is 1. The molecule has 0 saturated heterocycles. The zero-order valence-electron chi connectivity index (χ0n) is 19.0. The first-order chi connectivity index (χ1) is 16.9. The van der Waals surface area contributed by atoms with Crippen LogP contribution >= 0.6 is 31.9 Å². The van der Waals surface area contributed by atoms with Gasteiger partial charge in [-0.05, 0) is 89.1 Å². The molecule has 0 heterocycles. The summed E-state index contributed by atoms with van der Waals surface area (Å²) >= 11 is 6.80. The third-order valence-electron chi connectivity index (χ3n) is 4.54. The van der Waals surface area contributed by atoms with Gasteiger partial charge in [-0.1, -0.05) is 15.9 Å². The number of nitrogens with one attached hydrogen (secondary N) is 2. The van der Waals surface area contributed by atoms with Gasteiger partial charge < -0.3 is 19.5 Å². The quantitative estimate of drug-likeness (QED) is 0.238. The summed E-state index contributed by atoms with van der Waals surface area (Å²) in [5.41, 5.74) is 4.26. The zero-order valence-corrected chi connectivity index (χ0v) is 22.2. The van der Waals surface area contributed by atoms with Gasteiger partial charge in [0.05, 0.1) is 24.4 Å². The summed E-state index contributed by atoms with van der Waals surface area (Å²) in [7, 11) is 1.58. The second kappa shape index (κ2) is 12.9. The van der Waals surface area contributed by atoms with Crippen molar-refractivity contribution in [1.82, 2.24) is 5.43 Å². The van der Waals surface area contributed by atoms with Gasteiger partial charge in [0.1, 0.15) is 5.75 Å². The summed E-state index contributed by atoms with van der Waals surface area (Å²) in [5.74, 6) is 0.847. The Hall–Kier alpha value is -3.37. The van der Waals surface area contributed by atoms with Gasteiger partial charge in [0.2, 0.25) is 0 Å². The third kappa shape index (κ3) is 7.83. The molecule has 0 aliphatic carbocycles. The van der Waals surface area contributed by atoms with E-state index >= 15 is 0 Å². The lowest BCUT2D eigenvalue weighted by molar-refractivity contribution is -0.118. The number of amides is 2. The van der Waals surface area contributed by atoms with Crippen molar-refractivity contribution in [3.63, 3.8) is 0 Å². The maximum absolute atomic E-state index is 12.3. The van der Waals surface area contributed by atoms with Gasteiger partial charge in [0.25, 0.3) is 11.8 Å². The van der Waals surface area contributed by atoms with Crippen LogP contribution in [0.25, 0.3) is 0 Å². The minimum absolute atomic E-state index is 0.221. The molecule has 3 rings (SSSR count). The van der Waals surface area contributed by atoms with Crippen molar-refractivity contribution < 1.29 is 23.8 Å². The molecule has 0 aliphatic rings. The predicted octanol–water partition coefficient (Wildman–Crippen LogP) is 5.40. The van der Waals surface area contributed by atoms with Crippen molar-refractivity contribution in [3.8, 4) is 17.2 Å². The summed E-state index contributed by atoms with van der Waals surface area (Å²) in [4.78, 5) is 24.6. The number of halogens is 2. The van der Waals surface area contributed by atoms with Gasteiger partial charge in [0, 0.05) is 15.7 Å². The Kier molecular flexibility index (Phi) is 9.68. The van der Waals surface area contributed by atoms with Crippen molar-refractivity contribution in [3.05, 3.63) is 80.7 Å². The van der Waals surface area contributed by atoms with Gasteiger partial charge in [-0.25, -0.2) is 5.43 Å². The normalized spacial score (nSPS) is 10.6. The molecule has 2 N–H and O–H groups in total. The first-order valence-corrected chi connectivity index (χ1v) is 12.1. The largest absolute Gasteiger partial charge is 0.497 e. The van der Waals surface area contributed by atoms with Gasteiger partial charge >= 0.3 is 0 Å². The Morgan fingerprint density at radius 1 is 1.00 bits per heavy atom. The Balaban J connectivity index is 1.64. The van der Waals surface area contributed by atoms with Crippen LogP contribution in [0.15, 0.2) is 74.7 Å². The highest BCUT2D eigenvalue weighted by atomic mass is 79.9. The highest BCUT2D eigenvalue weighted by Gasteiger charge is 2.14. The fraction of sp³-hybridized carbons (Fsp3) is 0.160. The van der Waals surface area contributed by atoms with Crippen molar-refractivity contribution in [2.75, 3.05) is 25.6 Å². The van der Waals surface area contributed by atoms with Crippen LogP contribution in [0.1, 0.15) is 22.8 Å². The molecule has 0 aromatic heterocycles. The molecule has 35 heavy (non-hydrogen) atoms. The fourth-order valence-corrected chi connectivity index (χ4v) is 3.74. The number of carbonyl (C=O) groups is 2. The molecule has 2 amide bonds. The zero-order chi connectivity index (χ0) is 25.2. The number of ether oxygens (including phenoxy) is 3. The van der Waals surface area contributed by atoms with E-state index in [9.17, 15) is 9.59 Å². The van der Waals surface area contributed by atoms with Crippen molar-refractivity contribution >= 4 is 55.6 Å². The third-order valence-corrected chi connectivity index (χ3v) is 5.66. The minimum atomic E-state index is -0.333. The van der Waals surface area contributed by atoms with Gasteiger partial charge in [-0.15, -0.1) is 0 Å². The second-order valence-electron chi connectivity index (χ2n) is 7.03. The Bertz CT molecular complexity index is 1200. The van der Waals surface area contributed by atoms with Crippen molar-refractivity contribution in [2.45, 2.75) is 6.92 Å². The summed E-state index contributed by atoms with van der Waals surface area (Å²) < 4.78 is 18.0. The Labute approximate surface area is 219 Å². The smallest absolute Gasteiger partial charge is 0.271 e. The van der Waals surface area contributed by atoms with Gasteiger partial charge in [0.15, 0.2) is 18.1 Å². The van der Waals surface area contributed by atoms with Crippen molar-refractivity contribution in [1.29, 1.82) is 0 Å². The van der Waals surface area contributed by atoms with E-state index in [0.29, 0.717) is 45.1 Å². The number of methoxy groups -OCH3 is 1. The van der Waals surface area contributed by atoms with E-state index in [1.165, 1.54) is 6.21 Å². The first kappa shape index (κ1) is 26.2. The van der Waals surface area contributed by atoms with E-state index in [2.05, 4.69) is 47.7 Å². The lowest BCUT2D eigenvalue weighted by atomic mass is 10.2. The standard InChI is InChI=1S/C25H23Br2N3O5/c1-3-34-22-13-16(14-28-30-25(32)17-4-6-18(26)7-5-17)12-21(27)24(22)35-15-23(31)29-19-8-10-20(33-2)11-9-19/h4-14H,3,15H2,1-2H3,(H,29,31)(H,30,32)/b28-14+. The molecule has 0 atom stereocenters. The molecule has 3 aromatic carbocycles. The maximum Gasteiger partial charge on any atom is 0.271 e. The topological polar surface area (TPSA) is 98.3 Å². The monoisotopic (exact) mass is 603 g/mol. The summed E-state index contributed by atoms with van der Waals surface area (Å²) in [6.07, 6.45) is 1.49. The molecule has 8 nitrogen and oxygen atoms in total. The molecular weight excluding hydrogens is 582 g/mol. The summed E-state index contributed by atoms with van der Waals surface area (Å²) in [5, 5.41) is 6.78. The van der Waals surface area contributed by atoms with E-state index in [1.807, 2.05) is 6.92 Å².